The first-order valence-corrected chi connectivity index (χ1v) is 11.9. The Morgan fingerprint density at radius 2 is 1.64 bits per heavy atom. The SMILES string of the molecule is CCC1CCC(c2ccc(-c3ccc(/C=C/C4=CCC(OC)C(F)=C4)cc3)c(F)c2F)CC1. The van der Waals surface area contributed by atoms with Gasteiger partial charge in [-0.2, -0.15) is 0 Å². The van der Waals surface area contributed by atoms with Crippen molar-refractivity contribution in [2.75, 3.05) is 7.11 Å². The van der Waals surface area contributed by atoms with Gasteiger partial charge in [-0.05, 0) is 72.3 Å². The number of ether oxygens (including phenoxy) is 1. The first kappa shape index (κ1) is 23.6. The normalized spacial score (nSPS) is 23.5. The molecular formula is C29H31F3O. The summed E-state index contributed by atoms with van der Waals surface area (Å²) in [5.74, 6) is -0.934. The van der Waals surface area contributed by atoms with E-state index < -0.39 is 17.7 Å². The molecule has 0 aromatic heterocycles. The third-order valence-electron chi connectivity index (χ3n) is 7.13. The van der Waals surface area contributed by atoms with Crippen molar-refractivity contribution < 1.29 is 17.9 Å². The third kappa shape index (κ3) is 5.33. The molecule has 2 aromatic carbocycles. The largest absolute Gasteiger partial charge is 0.374 e. The van der Waals surface area contributed by atoms with Crippen molar-refractivity contribution in [2.45, 2.75) is 57.5 Å². The molecule has 2 aliphatic carbocycles. The molecule has 0 heterocycles. The molecule has 0 aliphatic heterocycles. The van der Waals surface area contributed by atoms with Crippen LogP contribution in [0.5, 0.6) is 0 Å². The fourth-order valence-electron chi connectivity index (χ4n) is 4.94. The molecular weight excluding hydrogens is 421 g/mol. The molecule has 0 N–H and O–H groups in total. The molecule has 1 nitrogen and oxygen atoms in total. The molecule has 0 radical (unpaired) electrons. The molecule has 1 saturated carbocycles. The van der Waals surface area contributed by atoms with Gasteiger partial charge < -0.3 is 4.74 Å². The fourth-order valence-corrected chi connectivity index (χ4v) is 4.94. The highest BCUT2D eigenvalue weighted by molar-refractivity contribution is 5.67. The highest BCUT2D eigenvalue weighted by atomic mass is 19.2. The zero-order valence-electron chi connectivity index (χ0n) is 19.3. The van der Waals surface area contributed by atoms with Gasteiger partial charge in [0, 0.05) is 12.7 Å². The van der Waals surface area contributed by atoms with Crippen LogP contribution < -0.4 is 0 Å². The first-order chi connectivity index (χ1) is 16.0. The Kier molecular flexibility index (Phi) is 7.54. The van der Waals surface area contributed by atoms with Gasteiger partial charge in [0.05, 0.1) is 0 Å². The van der Waals surface area contributed by atoms with Crippen LogP contribution in [-0.2, 0) is 4.74 Å². The van der Waals surface area contributed by atoms with Crippen LogP contribution in [0.4, 0.5) is 13.2 Å². The molecule has 174 valence electrons. The van der Waals surface area contributed by atoms with Gasteiger partial charge in [-0.3, -0.25) is 0 Å². The van der Waals surface area contributed by atoms with Crippen LogP contribution in [0.2, 0.25) is 0 Å². The van der Waals surface area contributed by atoms with Crippen molar-refractivity contribution in [3.63, 3.8) is 0 Å². The van der Waals surface area contributed by atoms with Gasteiger partial charge in [0.2, 0.25) is 0 Å². The summed E-state index contributed by atoms with van der Waals surface area (Å²) in [6.45, 7) is 2.20. The predicted octanol–water partition coefficient (Wildman–Crippen LogP) is 8.53. The fraction of sp³-hybridized carbons (Fsp3) is 0.379. The number of methoxy groups -OCH3 is 1. The Balaban J connectivity index is 1.47. The average Bonchev–Trinajstić information content (AvgIpc) is 2.85. The number of allylic oxidation sites excluding steroid dienone is 3. The monoisotopic (exact) mass is 452 g/mol. The Morgan fingerprint density at radius 1 is 0.909 bits per heavy atom. The lowest BCUT2D eigenvalue weighted by atomic mass is 9.77. The van der Waals surface area contributed by atoms with Gasteiger partial charge in [-0.1, -0.05) is 68.0 Å². The van der Waals surface area contributed by atoms with Crippen LogP contribution in [-0.4, -0.2) is 13.2 Å². The molecule has 2 aromatic rings. The van der Waals surface area contributed by atoms with Crippen molar-refractivity contribution in [3.05, 3.63) is 88.8 Å². The molecule has 2 aliphatic rings. The first-order valence-electron chi connectivity index (χ1n) is 11.9. The smallest absolute Gasteiger partial charge is 0.166 e. The second kappa shape index (κ2) is 10.6. The van der Waals surface area contributed by atoms with E-state index in [0.29, 0.717) is 23.5 Å². The van der Waals surface area contributed by atoms with E-state index in [4.69, 9.17) is 4.74 Å². The van der Waals surface area contributed by atoms with E-state index in [-0.39, 0.29) is 17.3 Å². The van der Waals surface area contributed by atoms with Gasteiger partial charge in [-0.15, -0.1) is 0 Å². The number of hydrogen-bond acceptors (Lipinski definition) is 1. The summed E-state index contributed by atoms with van der Waals surface area (Å²) in [6, 6.07) is 10.8. The molecule has 1 fully saturated rings. The van der Waals surface area contributed by atoms with Crippen molar-refractivity contribution in [2.24, 2.45) is 5.92 Å². The van der Waals surface area contributed by atoms with Crippen molar-refractivity contribution in [3.8, 4) is 11.1 Å². The van der Waals surface area contributed by atoms with E-state index in [1.165, 1.54) is 13.2 Å². The number of benzene rings is 2. The van der Waals surface area contributed by atoms with Gasteiger partial charge in [0.25, 0.3) is 0 Å². The Labute approximate surface area is 194 Å². The minimum absolute atomic E-state index is 0.107. The Bertz CT molecular complexity index is 1060. The molecule has 1 atom stereocenters. The zero-order valence-corrected chi connectivity index (χ0v) is 19.3. The Morgan fingerprint density at radius 3 is 2.27 bits per heavy atom. The zero-order chi connectivity index (χ0) is 23.4. The summed E-state index contributed by atoms with van der Waals surface area (Å²) in [7, 11) is 1.49. The number of halogens is 3. The summed E-state index contributed by atoms with van der Waals surface area (Å²) in [4.78, 5) is 0. The van der Waals surface area contributed by atoms with E-state index >= 15 is 0 Å². The second-order valence-electron chi connectivity index (χ2n) is 9.10. The molecule has 4 rings (SSSR count). The van der Waals surface area contributed by atoms with Crippen LogP contribution in [0.3, 0.4) is 0 Å². The average molecular weight is 453 g/mol. The van der Waals surface area contributed by atoms with Crippen molar-refractivity contribution >= 4 is 6.08 Å². The van der Waals surface area contributed by atoms with Gasteiger partial charge in [0.1, 0.15) is 11.9 Å². The Hall–Kier alpha value is -2.59. The molecule has 0 saturated heterocycles. The second-order valence-corrected chi connectivity index (χ2v) is 9.10. The van der Waals surface area contributed by atoms with Crippen LogP contribution in [0.1, 0.15) is 62.5 Å². The van der Waals surface area contributed by atoms with Crippen molar-refractivity contribution in [1.82, 2.24) is 0 Å². The van der Waals surface area contributed by atoms with Crippen molar-refractivity contribution in [1.29, 1.82) is 0 Å². The summed E-state index contributed by atoms with van der Waals surface area (Å²) in [5, 5.41) is 0. The number of rotatable bonds is 6. The molecule has 1 unspecified atom stereocenters. The highest BCUT2D eigenvalue weighted by Crippen LogP contribution is 2.39. The predicted molar refractivity (Wildman–Crippen MR) is 129 cm³/mol. The van der Waals surface area contributed by atoms with Gasteiger partial charge in [0.15, 0.2) is 11.6 Å². The summed E-state index contributed by atoms with van der Waals surface area (Å²) in [6.07, 6.45) is 12.3. The van der Waals surface area contributed by atoms with E-state index in [2.05, 4.69) is 6.92 Å². The maximum atomic E-state index is 15.0. The van der Waals surface area contributed by atoms with E-state index in [0.717, 1.165) is 43.2 Å². The summed E-state index contributed by atoms with van der Waals surface area (Å²) >= 11 is 0. The van der Waals surface area contributed by atoms with E-state index in [1.54, 1.807) is 24.3 Å². The lowest BCUT2D eigenvalue weighted by Crippen LogP contribution is -2.14. The van der Waals surface area contributed by atoms with E-state index in [1.807, 2.05) is 30.4 Å². The lowest BCUT2D eigenvalue weighted by Gasteiger charge is -2.28. The lowest BCUT2D eigenvalue weighted by molar-refractivity contribution is 0.113. The van der Waals surface area contributed by atoms with Crippen LogP contribution in [0, 0.1) is 17.6 Å². The quantitative estimate of drug-likeness (QED) is 0.427. The molecule has 0 spiro atoms. The third-order valence-corrected chi connectivity index (χ3v) is 7.13. The summed E-state index contributed by atoms with van der Waals surface area (Å²) in [5.41, 5.74) is 3.10. The summed E-state index contributed by atoms with van der Waals surface area (Å²) < 4.78 is 48.9. The molecule has 0 bridgehead atoms. The van der Waals surface area contributed by atoms with Gasteiger partial charge in [-0.25, -0.2) is 13.2 Å². The van der Waals surface area contributed by atoms with Crippen LogP contribution >= 0.6 is 0 Å². The van der Waals surface area contributed by atoms with Gasteiger partial charge >= 0.3 is 0 Å². The highest BCUT2D eigenvalue weighted by Gasteiger charge is 2.26. The standard InChI is InChI=1S/C29H31F3O/c1-3-19-6-11-22(12-7-19)24-15-16-25(29(32)28(24)31)23-13-8-20(9-14-23)4-5-21-10-17-27(33-2)26(30)18-21/h4-5,8-10,13-16,18-19,22,27H,3,6-7,11-12,17H2,1-2H3/b5-4+. The topological polar surface area (TPSA) is 9.23 Å². The van der Waals surface area contributed by atoms with Crippen LogP contribution in [0.15, 0.2) is 66.0 Å². The van der Waals surface area contributed by atoms with E-state index in [9.17, 15) is 13.2 Å². The minimum Gasteiger partial charge on any atom is -0.374 e. The number of hydrogen-bond donors (Lipinski definition) is 0. The van der Waals surface area contributed by atoms with Crippen LogP contribution in [0.25, 0.3) is 17.2 Å². The molecule has 4 heteroatoms. The minimum atomic E-state index is -0.769. The maximum Gasteiger partial charge on any atom is 0.166 e. The maximum absolute atomic E-state index is 15.0. The molecule has 33 heavy (non-hydrogen) atoms. The molecule has 0 amide bonds.